The van der Waals surface area contributed by atoms with E-state index in [-0.39, 0.29) is 0 Å². The van der Waals surface area contributed by atoms with Crippen LogP contribution in [-0.4, -0.2) is 7.85 Å². The van der Waals surface area contributed by atoms with Crippen LogP contribution >= 0.6 is 0 Å². The standard InChI is InChI=1S/C10H11B/c1-6-4-7(11)5-8-9(6)10(8,2)3/h4-5H,1-3H3. The Balaban J connectivity index is 2.63. The third kappa shape index (κ3) is 0.771. The van der Waals surface area contributed by atoms with Crippen molar-refractivity contribution in [1.82, 2.24) is 0 Å². The van der Waals surface area contributed by atoms with Crippen LogP contribution in [0.1, 0.15) is 30.5 Å². The van der Waals surface area contributed by atoms with E-state index in [0.717, 1.165) is 5.46 Å². The molecule has 0 nitrogen and oxygen atoms in total. The summed E-state index contributed by atoms with van der Waals surface area (Å²) in [5.74, 6) is 0. The van der Waals surface area contributed by atoms with Gasteiger partial charge in [0.05, 0.1) is 0 Å². The fraction of sp³-hybridized carbons (Fsp3) is 0.400. The van der Waals surface area contributed by atoms with E-state index in [1.165, 1.54) is 16.7 Å². The van der Waals surface area contributed by atoms with Crippen molar-refractivity contribution < 1.29 is 0 Å². The first-order valence-corrected chi connectivity index (χ1v) is 3.94. The second kappa shape index (κ2) is 1.71. The summed E-state index contributed by atoms with van der Waals surface area (Å²) in [6, 6.07) is 4.13. The summed E-state index contributed by atoms with van der Waals surface area (Å²) in [6.07, 6.45) is 0. The SMILES string of the molecule is [B]c1cc(C)c2c(c1)C2(C)C. The van der Waals surface area contributed by atoms with Crippen molar-refractivity contribution in [3.63, 3.8) is 0 Å². The van der Waals surface area contributed by atoms with E-state index in [9.17, 15) is 0 Å². The lowest BCUT2D eigenvalue weighted by atomic mass is 9.95. The number of hydrogen-bond acceptors (Lipinski definition) is 0. The van der Waals surface area contributed by atoms with Crippen LogP contribution in [0.5, 0.6) is 0 Å². The fourth-order valence-corrected chi connectivity index (χ4v) is 1.99. The molecule has 0 heterocycles. The van der Waals surface area contributed by atoms with Crippen LogP contribution in [0.15, 0.2) is 12.1 Å². The van der Waals surface area contributed by atoms with Crippen LogP contribution in [0.3, 0.4) is 0 Å². The normalized spacial score (nSPS) is 17.7. The molecule has 1 aromatic carbocycles. The van der Waals surface area contributed by atoms with Crippen molar-refractivity contribution in [2.24, 2.45) is 0 Å². The van der Waals surface area contributed by atoms with E-state index in [0.29, 0.717) is 5.41 Å². The van der Waals surface area contributed by atoms with Gasteiger partial charge in [-0.3, -0.25) is 0 Å². The van der Waals surface area contributed by atoms with Crippen molar-refractivity contribution >= 4 is 13.3 Å². The molecule has 0 unspecified atom stereocenters. The maximum atomic E-state index is 5.71. The van der Waals surface area contributed by atoms with Gasteiger partial charge in [0.2, 0.25) is 0 Å². The lowest BCUT2D eigenvalue weighted by Crippen LogP contribution is -1.99. The van der Waals surface area contributed by atoms with Gasteiger partial charge in [0, 0.05) is 5.41 Å². The van der Waals surface area contributed by atoms with Crippen molar-refractivity contribution in [2.75, 3.05) is 0 Å². The summed E-state index contributed by atoms with van der Waals surface area (Å²) in [5.41, 5.74) is 5.46. The first-order valence-electron chi connectivity index (χ1n) is 3.94. The zero-order chi connectivity index (χ0) is 8.22. The van der Waals surface area contributed by atoms with Crippen molar-refractivity contribution in [1.29, 1.82) is 0 Å². The summed E-state index contributed by atoms with van der Waals surface area (Å²) < 4.78 is 0. The molecule has 1 aromatic rings. The lowest BCUT2D eigenvalue weighted by molar-refractivity contribution is 0.790. The highest BCUT2D eigenvalue weighted by molar-refractivity contribution is 6.32. The van der Waals surface area contributed by atoms with Gasteiger partial charge in [0.1, 0.15) is 7.85 Å². The highest BCUT2D eigenvalue weighted by atomic mass is 14.5. The molecule has 11 heavy (non-hydrogen) atoms. The van der Waals surface area contributed by atoms with Crippen LogP contribution in [0.2, 0.25) is 0 Å². The minimum Gasteiger partial charge on any atom is -0.0961 e. The Morgan fingerprint density at radius 2 is 1.91 bits per heavy atom. The van der Waals surface area contributed by atoms with Crippen molar-refractivity contribution in [3.8, 4) is 0 Å². The minimum absolute atomic E-state index is 0.307. The fourth-order valence-electron chi connectivity index (χ4n) is 1.99. The molecule has 0 saturated heterocycles. The Bertz CT molecular complexity index is 324. The molecule has 1 aliphatic carbocycles. The molecule has 0 spiro atoms. The second-order valence-corrected chi connectivity index (χ2v) is 3.89. The molecule has 1 heteroatoms. The molecule has 0 bridgehead atoms. The average Bonchev–Trinajstić information content (AvgIpc) is 2.34. The third-order valence-corrected chi connectivity index (χ3v) is 2.59. The molecular formula is C10H11B. The van der Waals surface area contributed by atoms with Gasteiger partial charge in [-0.15, -0.1) is 0 Å². The predicted octanol–water partition coefficient (Wildman–Crippen LogP) is 1.43. The van der Waals surface area contributed by atoms with Crippen LogP contribution in [-0.2, 0) is 5.41 Å². The highest BCUT2D eigenvalue weighted by Crippen LogP contribution is 2.50. The maximum Gasteiger partial charge on any atom is 0.113 e. The van der Waals surface area contributed by atoms with Crippen LogP contribution in [0.4, 0.5) is 0 Å². The van der Waals surface area contributed by atoms with Crippen LogP contribution < -0.4 is 5.46 Å². The number of fused-ring (bicyclic) bond motifs is 1. The molecule has 1 aliphatic rings. The van der Waals surface area contributed by atoms with Gasteiger partial charge in [-0.25, -0.2) is 0 Å². The highest BCUT2D eigenvalue weighted by Gasteiger charge is 2.42. The topological polar surface area (TPSA) is 0 Å². The number of aryl methyl sites for hydroxylation is 1. The van der Waals surface area contributed by atoms with Gasteiger partial charge >= 0.3 is 0 Å². The average molecular weight is 142 g/mol. The van der Waals surface area contributed by atoms with E-state index in [4.69, 9.17) is 7.85 Å². The quantitative estimate of drug-likeness (QED) is 0.480. The Kier molecular flexibility index (Phi) is 1.08. The van der Waals surface area contributed by atoms with Crippen LogP contribution in [0, 0.1) is 6.92 Å². The number of benzene rings is 1. The minimum atomic E-state index is 0.307. The smallest absolute Gasteiger partial charge is 0.0961 e. The Morgan fingerprint density at radius 3 is 2.45 bits per heavy atom. The maximum absolute atomic E-state index is 5.71. The molecule has 0 saturated carbocycles. The van der Waals surface area contributed by atoms with E-state index in [2.05, 4.69) is 26.8 Å². The Morgan fingerprint density at radius 1 is 1.27 bits per heavy atom. The molecule has 0 aliphatic heterocycles. The molecular weight excluding hydrogens is 131 g/mol. The monoisotopic (exact) mass is 142 g/mol. The van der Waals surface area contributed by atoms with Gasteiger partial charge in [0.15, 0.2) is 0 Å². The first kappa shape index (κ1) is 6.96. The zero-order valence-corrected chi connectivity index (χ0v) is 7.23. The molecule has 2 rings (SSSR count). The van der Waals surface area contributed by atoms with Gasteiger partial charge in [-0.1, -0.05) is 31.4 Å². The van der Waals surface area contributed by atoms with Crippen LogP contribution in [0.25, 0.3) is 0 Å². The zero-order valence-electron chi connectivity index (χ0n) is 7.23. The number of rotatable bonds is 0. The summed E-state index contributed by atoms with van der Waals surface area (Å²) >= 11 is 0. The predicted molar refractivity (Wildman–Crippen MR) is 48.7 cm³/mol. The van der Waals surface area contributed by atoms with E-state index in [1.807, 2.05) is 6.07 Å². The van der Waals surface area contributed by atoms with Gasteiger partial charge in [0.25, 0.3) is 0 Å². The van der Waals surface area contributed by atoms with Gasteiger partial charge < -0.3 is 0 Å². The van der Waals surface area contributed by atoms with Gasteiger partial charge in [-0.05, 0) is 23.6 Å². The number of hydrogen-bond donors (Lipinski definition) is 0. The largest absolute Gasteiger partial charge is 0.113 e. The van der Waals surface area contributed by atoms with Crippen molar-refractivity contribution in [3.05, 3.63) is 28.8 Å². The van der Waals surface area contributed by atoms with Gasteiger partial charge in [-0.2, -0.15) is 0 Å². The van der Waals surface area contributed by atoms with E-state index in [1.54, 1.807) is 0 Å². The van der Waals surface area contributed by atoms with E-state index >= 15 is 0 Å². The molecule has 0 amide bonds. The molecule has 54 valence electrons. The molecule has 0 aromatic heterocycles. The summed E-state index contributed by atoms with van der Waals surface area (Å²) in [5, 5.41) is 0. The summed E-state index contributed by atoms with van der Waals surface area (Å²) in [4.78, 5) is 0. The third-order valence-electron chi connectivity index (χ3n) is 2.59. The summed E-state index contributed by atoms with van der Waals surface area (Å²) in [7, 11) is 5.71. The second-order valence-electron chi connectivity index (χ2n) is 3.89. The molecule has 0 fully saturated rings. The Labute approximate surface area is 69.0 Å². The summed E-state index contributed by atoms with van der Waals surface area (Å²) in [6.45, 7) is 6.61. The lowest BCUT2D eigenvalue weighted by Gasteiger charge is -1.95. The molecule has 0 atom stereocenters. The molecule has 0 N–H and O–H groups in total. The Hall–Kier alpha value is -0.715. The molecule has 2 radical (unpaired) electrons. The van der Waals surface area contributed by atoms with E-state index < -0.39 is 0 Å². The van der Waals surface area contributed by atoms with Crippen molar-refractivity contribution in [2.45, 2.75) is 26.2 Å². The first-order chi connectivity index (χ1) is 5.03.